The van der Waals surface area contributed by atoms with E-state index in [0.29, 0.717) is 15.7 Å². The Morgan fingerprint density at radius 3 is 1.08 bits per heavy atom. The Morgan fingerprint density at radius 1 is 0.577 bits per heavy atom. The van der Waals surface area contributed by atoms with Crippen LogP contribution in [0.25, 0.3) is 0 Å². The molecular weight excluding hydrogens is 340 g/mol. The zero-order valence-corrected chi connectivity index (χ0v) is 18.0. The van der Waals surface area contributed by atoms with Gasteiger partial charge in [0, 0.05) is 22.7 Å². The lowest BCUT2D eigenvalue weighted by molar-refractivity contribution is -0.131. The summed E-state index contributed by atoms with van der Waals surface area (Å²) in [6.07, 6.45) is 24.5. The molecule has 0 aromatic rings. The highest BCUT2D eigenvalue weighted by Gasteiger charge is 2.48. The van der Waals surface area contributed by atoms with Crippen molar-refractivity contribution in [2.75, 3.05) is 0 Å². The lowest BCUT2D eigenvalue weighted by Crippen LogP contribution is -2.39. The molecule has 0 atom stereocenters. The van der Waals surface area contributed by atoms with Crippen LogP contribution in [0.2, 0.25) is 0 Å². The van der Waals surface area contributed by atoms with Gasteiger partial charge in [-0.25, -0.2) is 0 Å². The molecule has 0 unspecified atom stereocenters. The molecule has 0 aromatic heterocycles. The van der Waals surface area contributed by atoms with Gasteiger partial charge in [0.25, 0.3) is 0 Å². The molecule has 26 heavy (non-hydrogen) atoms. The van der Waals surface area contributed by atoms with E-state index in [1.54, 1.807) is 6.92 Å². The maximum atomic E-state index is 12.4. The molecule has 0 radical (unpaired) electrons. The molecule has 0 aromatic carbocycles. The third-order valence-electron chi connectivity index (χ3n) is 7.23. The van der Waals surface area contributed by atoms with Gasteiger partial charge in [-0.3, -0.25) is 4.79 Å². The average Bonchev–Trinajstić information content (AvgIpc) is 3.15. The van der Waals surface area contributed by atoms with Gasteiger partial charge < -0.3 is 4.18 Å². The molecule has 0 amide bonds. The molecule has 3 rings (SSSR count). The van der Waals surface area contributed by atoms with Gasteiger partial charge in [0.15, 0.2) is 0 Å². The van der Waals surface area contributed by atoms with Crippen molar-refractivity contribution in [2.45, 2.75) is 138 Å². The second-order valence-electron chi connectivity index (χ2n) is 9.11. The minimum absolute atomic E-state index is 0.0257. The second kappa shape index (κ2) is 10.4. The monoisotopic (exact) mass is 382 g/mol. The van der Waals surface area contributed by atoms with Crippen LogP contribution in [0, 0.1) is 0 Å². The molecule has 3 fully saturated rings. The number of carbonyl (C=O) groups excluding carboxylic acids is 1. The summed E-state index contributed by atoms with van der Waals surface area (Å²) in [4.78, 5) is 12.4. The molecule has 0 aliphatic heterocycles. The fourth-order valence-electron chi connectivity index (χ4n) is 6.05. The van der Waals surface area contributed by atoms with Crippen molar-refractivity contribution in [3.63, 3.8) is 0 Å². The van der Waals surface area contributed by atoms with Crippen molar-refractivity contribution < 1.29 is 8.98 Å². The van der Waals surface area contributed by atoms with Crippen molar-refractivity contribution in [1.29, 1.82) is 0 Å². The zero-order valence-electron chi connectivity index (χ0n) is 17.2. The van der Waals surface area contributed by atoms with Gasteiger partial charge in [0.2, 0.25) is 0 Å². The van der Waals surface area contributed by atoms with E-state index in [0.717, 1.165) is 0 Å². The van der Waals surface area contributed by atoms with Crippen molar-refractivity contribution in [1.82, 2.24) is 0 Å². The Kier molecular flexibility index (Phi) is 8.21. The van der Waals surface area contributed by atoms with Gasteiger partial charge >= 0.3 is 5.97 Å². The van der Waals surface area contributed by atoms with Gasteiger partial charge in [-0.2, -0.15) is 0 Å². The first-order chi connectivity index (χ1) is 12.7. The minimum Gasteiger partial charge on any atom is -0.415 e. The van der Waals surface area contributed by atoms with Gasteiger partial charge in [-0.1, -0.05) is 87.4 Å². The lowest BCUT2D eigenvalue weighted by atomic mass is 10.2. The molecule has 3 heteroatoms. The summed E-state index contributed by atoms with van der Waals surface area (Å²) in [5, 5.41) is 2.08. The molecular formula is C23H42O2S. The molecule has 152 valence electrons. The first kappa shape index (κ1) is 20.6. The Bertz CT molecular complexity index is 362. The van der Waals surface area contributed by atoms with Crippen LogP contribution in [-0.4, -0.2) is 21.7 Å². The van der Waals surface area contributed by atoms with E-state index in [2.05, 4.69) is 0 Å². The van der Waals surface area contributed by atoms with E-state index in [9.17, 15) is 4.79 Å². The topological polar surface area (TPSA) is 26.3 Å². The highest BCUT2D eigenvalue weighted by molar-refractivity contribution is 8.31. The van der Waals surface area contributed by atoms with Crippen LogP contribution in [0.1, 0.15) is 122 Å². The summed E-state index contributed by atoms with van der Waals surface area (Å²) in [5.41, 5.74) is 0. The SMILES string of the molecule is CC(=O)OS(C1CCCCCC1)(C1CCCCCC1)C1CCCCCC1. The molecule has 3 saturated carbocycles. The van der Waals surface area contributed by atoms with Crippen molar-refractivity contribution in [2.24, 2.45) is 0 Å². The van der Waals surface area contributed by atoms with Gasteiger partial charge in [0.05, 0.1) is 0 Å². The minimum atomic E-state index is -1.32. The van der Waals surface area contributed by atoms with Crippen molar-refractivity contribution in [3.8, 4) is 0 Å². The number of hydrogen-bond donors (Lipinski definition) is 0. The summed E-state index contributed by atoms with van der Waals surface area (Å²) in [7, 11) is -1.32. The highest BCUT2D eigenvalue weighted by atomic mass is 32.3. The third-order valence-corrected chi connectivity index (χ3v) is 12.3. The number of hydrogen-bond acceptors (Lipinski definition) is 2. The molecule has 3 aliphatic rings. The number of rotatable bonds is 4. The molecule has 0 spiro atoms. The first-order valence-corrected chi connectivity index (χ1v) is 13.5. The molecule has 0 saturated heterocycles. The van der Waals surface area contributed by atoms with E-state index in [4.69, 9.17) is 4.18 Å². The molecule has 0 heterocycles. The highest BCUT2D eigenvalue weighted by Crippen LogP contribution is 2.69. The molecule has 0 bridgehead atoms. The summed E-state index contributed by atoms with van der Waals surface area (Å²) in [6, 6.07) is 0. The van der Waals surface area contributed by atoms with Crippen molar-refractivity contribution >= 4 is 16.3 Å². The maximum Gasteiger partial charge on any atom is 0.313 e. The van der Waals surface area contributed by atoms with Crippen LogP contribution in [0.4, 0.5) is 0 Å². The molecule has 0 N–H and O–H groups in total. The molecule has 3 aliphatic carbocycles. The summed E-state index contributed by atoms with van der Waals surface area (Å²) in [6.45, 7) is 1.70. The first-order valence-electron chi connectivity index (χ1n) is 11.7. The van der Waals surface area contributed by atoms with Crippen LogP contribution in [0.15, 0.2) is 0 Å². The van der Waals surface area contributed by atoms with E-state index in [1.165, 1.54) is 116 Å². The fraction of sp³-hybridized carbons (Fsp3) is 0.957. The smallest absolute Gasteiger partial charge is 0.313 e. The normalized spacial score (nSPS) is 26.5. The Labute approximate surface area is 163 Å². The van der Waals surface area contributed by atoms with E-state index < -0.39 is 10.3 Å². The van der Waals surface area contributed by atoms with Crippen LogP contribution in [0.3, 0.4) is 0 Å². The largest absolute Gasteiger partial charge is 0.415 e. The molecule has 2 nitrogen and oxygen atoms in total. The van der Waals surface area contributed by atoms with Gasteiger partial charge in [-0.05, 0) is 38.5 Å². The van der Waals surface area contributed by atoms with Gasteiger partial charge in [-0.15, -0.1) is 0 Å². The quantitative estimate of drug-likeness (QED) is 0.472. The number of carbonyl (C=O) groups is 1. The van der Waals surface area contributed by atoms with Gasteiger partial charge in [0.1, 0.15) is 0 Å². The Morgan fingerprint density at radius 2 is 0.846 bits per heavy atom. The maximum absolute atomic E-state index is 12.4. The zero-order chi connectivity index (χ0) is 18.2. The van der Waals surface area contributed by atoms with E-state index in [1.807, 2.05) is 0 Å². The predicted octanol–water partition coefficient (Wildman–Crippen LogP) is 7.44. The van der Waals surface area contributed by atoms with E-state index >= 15 is 0 Å². The fourth-order valence-corrected chi connectivity index (χ4v) is 11.7. The second-order valence-corrected chi connectivity index (χ2v) is 12.7. The predicted molar refractivity (Wildman–Crippen MR) is 114 cm³/mol. The summed E-state index contributed by atoms with van der Waals surface area (Å²) >= 11 is 0. The van der Waals surface area contributed by atoms with Crippen molar-refractivity contribution in [3.05, 3.63) is 0 Å². The summed E-state index contributed by atoms with van der Waals surface area (Å²) in [5.74, 6) is 0.0257. The Hall–Kier alpha value is -0.180. The van der Waals surface area contributed by atoms with Crippen LogP contribution < -0.4 is 0 Å². The Balaban J connectivity index is 1.97. The average molecular weight is 383 g/mol. The third kappa shape index (κ3) is 5.00. The van der Waals surface area contributed by atoms with Crippen LogP contribution in [0.5, 0.6) is 0 Å². The van der Waals surface area contributed by atoms with Crippen LogP contribution in [-0.2, 0) is 8.98 Å². The lowest BCUT2D eigenvalue weighted by Gasteiger charge is -2.55. The van der Waals surface area contributed by atoms with Crippen LogP contribution >= 0.6 is 10.3 Å². The standard InChI is InChI=1S/C23H42O2S/c1-20(24)25-26(21-14-8-2-3-9-15-21,22-16-10-4-5-11-17-22)23-18-12-6-7-13-19-23/h21-23H,2-19H2,1H3. The van der Waals surface area contributed by atoms with E-state index in [-0.39, 0.29) is 5.97 Å². The summed E-state index contributed by atoms with van der Waals surface area (Å²) < 4.78 is 6.67.